The van der Waals surface area contributed by atoms with Crippen LogP contribution in [0.5, 0.6) is 0 Å². The van der Waals surface area contributed by atoms with Crippen molar-refractivity contribution < 1.29 is 23.9 Å². The van der Waals surface area contributed by atoms with E-state index in [2.05, 4.69) is 20.3 Å². The molecule has 0 saturated carbocycles. The van der Waals surface area contributed by atoms with E-state index < -0.39 is 24.2 Å². The number of aromatic amines is 1. The van der Waals surface area contributed by atoms with Gasteiger partial charge >= 0.3 is 6.09 Å². The second-order valence-corrected chi connectivity index (χ2v) is 5.76. The highest BCUT2D eigenvalue weighted by molar-refractivity contribution is 6.34. The summed E-state index contributed by atoms with van der Waals surface area (Å²) in [4.78, 5) is 31.7. The Hall–Kier alpha value is -2.29. The number of nitrogens with one attached hydrogen (secondary N) is 2. The van der Waals surface area contributed by atoms with E-state index in [-0.39, 0.29) is 25.2 Å². The van der Waals surface area contributed by atoms with Gasteiger partial charge in [0.15, 0.2) is 0 Å². The van der Waals surface area contributed by atoms with Gasteiger partial charge in [-0.05, 0) is 13.3 Å². The number of carboxylic acid groups (broad SMARTS) is 1. The van der Waals surface area contributed by atoms with E-state index in [1.807, 2.05) is 0 Å². The fourth-order valence-corrected chi connectivity index (χ4v) is 2.70. The minimum absolute atomic E-state index is 0.145. The first-order valence-corrected chi connectivity index (χ1v) is 7.60. The van der Waals surface area contributed by atoms with Crippen molar-refractivity contribution in [1.82, 2.24) is 15.2 Å². The summed E-state index contributed by atoms with van der Waals surface area (Å²) < 4.78 is 14.1. The molecule has 24 heavy (non-hydrogen) atoms. The second kappa shape index (κ2) is 7.52. The third-order valence-corrected chi connectivity index (χ3v) is 4.28. The Balaban J connectivity index is 2.12. The fourth-order valence-electron chi connectivity index (χ4n) is 2.51. The number of carbonyl (C=O) groups excluding carboxylic acids is 1. The maximum atomic E-state index is 14.1. The molecule has 1 aromatic heterocycles. The zero-order chi connectivity index (χ0) is 17.9. The number of halogens is 2. The zero-order valence-corrected chi connectivity index (χ0v) is 13.9. The number of nitrogens with zero attached hydrogens (tertiary/aromatic N) is 2. The number of rotatable bonds is 4. The van der Waals surface area contributed by atoms with Crippen molar-refractivity contribution in [3.05, 3.63) is 22.0 Å². The number of aryl methyl sites for hydroxylation is 1. The molecule has 0 aromatic carbocycles. The number of carbonyl (C=O) groups is 2. The van der Waals surface area contributed by atoms with Gasteiger partial charge in [0, 0.05) is 17.8 Å². The van der Waals surface area contributed by atoms with E-state index >= 15 is 0 Å². The van der Waals surface area contributed by atoms with Crippen LogP contribution >= 0.6 is 11.6 Å². The largest absolute Gasteiger partial charge is 0.465 e. The molecule has 0 radical (unpaired) electrons. The van der Waals surface area contributed by atoms with E-state index in [0.29, 0.717) is 16.3 Å². The summed E-state index contributed by atoms with van der Waals surface area (Å²) in [6, 6.07) is -0.775. The van der Waals surface area contributed by atoms with Crippen LogP contribution in [-0.2, 0) is 4.84 Å². The van der Waals surface area contributed by atoms with Gasteiger partial charge in [-0.2, -0.15) is 0 Å². The Bertz CT molecular complexity index is 663. The molecule has 2 atom stereocenters. The molecular weight excluding hydrogens is 343 g/mol. The average molecular weight is 361 g/mol. The molecule has 1 fully saturated rings. The Morgan fingerprint density at radius 2 is 2.29 bits per heavy atom. The first-order valence-electron chi connectivity index (χ1n) is 7.22. The minimum atomic E-state index is -1.48. The molecule has 10 heteroatoms. The number of likely N-dealkylation sites (tertiary alicyclic amines) is 1. The number of aromatic nitrogens is 1. The van der Waals surface area contributed by atoms with Gasteiger partial charge in [-0.3, -0.25) is 4.79 Å². The van der Waals surface area contributed by atoms with Gasteiger partial charge in [0.1, 0.15) is 19.0 Å². The summed E-state index contributed by atoms with van der Waals surface area (Å²) in [5, 5.41) is 15.4. The van der Waals surface area contributed by atoms with Crippen LogP contribution in [-0.4, -0.2) is 65.6 Å². The molecule has 0 unspecified atom stereocenters. The van der Waals surface area contributed by atoms with Gasteiger partial charge < -0.3 is 25.1 Å². The molecule has 3 N–H and O–H groups in total. The maximum Gasteiger partial charge on any atom is 0.407 e. The number of amides is 2. The van der Waals surface area contributed by atoms with Crippen molar-refractivity contribution in [3.8, 4) is 0 Å². The van der Waals surface area contributed by atoms with Crippen LogP contribution in [0.15, 0.2) is 5.16 Å². The lowest BCUT2D eigenvalue weighted by Gasteiger charge is -2.33. The lowest BCUT2D eigenvalue weighted by molar-refractivity contribution is 0.0750. The molecule has 2 heterocycles. The van der Waals surface area contributed by atoms with Crippen molar-refractivity contribution in [2.24, 2.45) is 5.16 Å². The van der Waals surface area contributed by atoms with E-state index in [0.717, 1.165) is 4.90 Å². The van der Waals surface area contributed by atoms with Crippen LogP contribution in [0.3, 0.4) is 0 Å². The third-order valence-electron chi connectivity index (χ3n) is 3.79. The lowest BCUT2D eigenvalue weighted by Crippen LogP contribution is -2.53. The molecular formula is C14H18ClFN4O4. The summed E-state index contributed by atoms with van der Waals surface area (Å²) in [5.41, 5.74) is 1.05. The van der Waals surface area contributed by atoms with E-state index in [1.54, 1.807) is 6.92 Å². The molecule has 1 saturated heterocycles. The Labute approximate surface area is 142 Å². The molecule has 2 amide bonds. The standard InChI is InChI=1S/C14H18ClFN4O4/c1-7-11(15)8(5-17-24-2)12(18-7)13(21)19-10-3-4-20(14(22)23)6-9(10)16/h5,9-10,18H,3-4,6H2,1-2H3,(H,19,21)(H,22,23)/t9-,10+/m0/s1. The first-order chi connectivity index (χ1) is 11.3. The molecule has 132 valence electrons. The van der Waals surface area contributed by atoms with Crippen LogP contribution in [0.25, 0.3) is 0 Å². The Morgan fingerprint density at radius 1 is 1.58 bits per heavy atom. The molecule has 0 aliphatic carbocycles. The van der Waals surface area contributed by atoms with Crippen LogP contribution in [0.1, 0.15) is 28.2 Å². The topological polar surface area (TPSA) is 107 Å². The number of alkyl halides is 1. The van der Waals surface area contributed by atoms with Gasteiger partial charge in [0.05, 0.1) is 23.8 Å². The summed E-state index contributed by atoms with van der Waals surface area (Å²) in [6.45, 7) is 1.57. The predicted molar refractivity (Wildman–Crippen MR) is 85.5 cm³/mol. The van der Waals surface area contributed by atoms with Crippen LogP contribution in [0.4, 0.5) is 9.18 Å². The van der Waals surface area contributed by atoms with Crippen molar-refractivity contribution in [2.75, 3.05) is 20.2 Å². The Kier molecular flexibility index (Phi) is 5.66. The molecule has 8 nitrogen and oxygen atoms in total. The summed E-state index contributed by atoms with van der Waals surface area (Å²) in [6.07, 6.45) is -1.18. The predicted octanol–water partition coefficient (Wildman–Crippen LogP) is 1.78. The normalized spacial score (nSPS) is 21.1. The lowest BCUT2D eigenvalue weighted by atomic mass is 10.0. The summed E-state index contributed by atoms with van der Waals surface area (Å²) in [7, 11) is 1.35. The van der Waals surface area contributed by atoms with E-state index in [1.165, 1.54) is 13.3 Å². The third kappa shape index (κ3) is 3.78. The molecule has 1 aliphatic heterocycles. The van der Waals surface area contributed by atoms with E-state index in [9.17, 15) is 14.0 Å². The van der Waals surface area contributed by atoms with Crippen molar-refractivity contribution in [2.45, 2.75) is 25.6 Å². The van der Waals surface area contributed by atoms with Crippen LogP contribution in [0.2, 0.25) is 5.02 Å². The monoisotopic (exact) mass is 360 g/mol. The zero-order valence-electron chi connectivity index (χ0n) is 13.2. The fraction of sp³-hybridized carbons (Fsp3) is 0.500. The van der Waals surface area contributed by atoms with E-state index in [4.69, 9.17) is 16.7 Å². The van der Waals surface area contributed by atoms with Gasteiger partial charge in [-0.15, -0.1) is 0 Å². The molecule has 1 aromatic rings. The quantitative estimate of drug-likeness (QED) is 0.562. The van der Waals surface area contributed by atoms with Gasteiger partial charge in [-0.1, -0.05) is 16.8 Å². The number of piperidine rings is 1. The number of hydrogen-bond acceptors (Lipinski definition) is 4. The smallest absolute Gasteiger partial charge is 0.407 e. The molecule has 0 bridgehead atoms. The highest BCUT2D eigenvalue weighted by atomic mass is 35.5. The summed E-state index contributed by atoms with van der Waals surface area (Å²) >= 11 is 6.12. The van der Waals surface area contributed by atoms with Crippen molar-refractivity contribution in [3.63, 3.8) is 0 Å². The molecule has 0 spiro atoms. The second-order valence-electron chi connectivity index (χ2n) is 5.38. The van der Waals surface area contributed by atoms with Crippen LogP contribution in [0, 0.1) is 6.92 Å². The Morgan fingerprint density at radius 3 is 2.88 bits per heavy atom. The number of oxime groups is 1. The van der Waals surface area contributed by atoms with Crippen molar-refractivity contribution in [1.29, 1.82) is 0 Å². The van der Waals surface area contributed by atoms with Gasteiger partial charge in [0.25, 0.3) is 5.91 Å². The van der Waals surface area contributed by atoms with Gasteiger partial charge in [0.2, 0.25) is 0 Å². The minimum Gasteiger partial charge on any atom is -0.465 e. The number of H-pyrrole nitrogens is 1. The van der Waals surface area contributed by atoms with Crippen molar-refractivity contribution >= 4 is 29.8 Å². The molecule has 2 rings (SSSR count). The van der Waals surface area contributed by atoms with Crippen LogP contribution < -0.4 is 5.32 Å². The molecule has 1 aliphatic rings. The highest BCUT2D eigenvalue weighted by Crippen LogP contribution is 2.23. The SMILES string of the molecule is CON=Cc1c(C(=O)N[C@@H]2CCN(C(=O)O)C[C@@H]2F)[nH]c(C)c1Cl. The number of hydrogen-bond donors (Lipinski definition) is 3. The average Bonchev–Trinajstić information content (AvgIpc) is 2.82. The van der Waals surface area contributed by atoms with Gasteiger partial charge in [-0.25, -0.2) is 9.18 Å². The highest BCUT2D eigenvalue weighted by Gasteiger charge is 2.33. The summed E-state index contributed by atoms with van der Waals surface area (Å²) in [5.74, 6) is -0.543. The first kappa shape index (κ1) is 18.1. The maximum absolute atomic E-state index is 14.1.